The van der Waals surface area contributed by atoms with E-state index in [1.54, 1.807) is 24.3 Å². The molecule has 0 heterocycles. The molecule has 94 valence electrons. The maximum Gasteiger partial charge on any atom is 0.261 e. The molecule has 0 spiro atoms. The molecule has 4 nitrogen and oxygen atoms in total. The van der Waals surface area contributed by atoms with Gasteiger partial charge < -0.3 is 5.11 Å². The Hall–Kier alpha value is -1.53. The molecule has 6 heteroatoms. The first-order valence-electron chi connectivity index (χ1n) is 5.05. The van der Waals surface area contributed by atoms with Crippen molar-refractivity contribution in [1.82, 2.24) is 0 Å². The van der Waals surface area contributed by atoms with Gasteiger partial charge in [0.2, 0.25) is 0 Å². The number of halogens is 1. The van der Waals surface area contributed by atoms with Crippen molar-refractivity contribution in [2.75, 3.05) is 4.72 Å². The van der Waals surface area contributed by atoms with Crippen molar-refractivity contribution >= 4 is 31.6 Å². The van der Waals surface area contributed by atoms with Crippen LogP contribution >= 0.6 is 15.9 Å². The number of nitrogens with one attached hydrogen (secondary N) is 1. The number of rotatable bonds is 3. The summed E-state index contributed by atoms with van der Waals surface area (Å²) in [5.41, 5.74) is 0.470. The number of aromatic hydroxyl groups is 1. The van der Waals surface area contributed by atoms with Gasteiger partial charge in [0, 0.05) is 10.2 Å². The van der Waals surface area contributed by atoms with Gasteiger partial charge >= 0.3 is 0 Å². The van der Waals surface area contributed by atoms with Crippen molar-refractivity contribution in [3.8, 4) is 5.75 Å². The van der Waals surface area contributed by atoms with Gasteiger partial charge in [-0.3, -0.25) is 4.72 Å². The molecule has 0 aromatic heterocycles. The Bertz CT molecular complexity index is 653. The van der Waals surface area contributed by atoms with Crippen LogP contribution in [0.5, 0.6) is 5.75 Å². The molecule has 2 aromatic rings. The number of anilines is 1. The van der Waals surface area contributed by atoms with E-state index in [2.05, 4.69) is 20.7 Å². The van der Waals surface area contributed by atoms with Crippen molar-refractivity contribution in [3.05, 3.63) is 53.0 Å². The van der Waals surface area contributed by atoms with Crippen LogP contribution in [-0.4, -0.2) is 13.5 Å². The Kier molecular flexibility index (Phi) is 3.58. The molecule has 0 aliphatic rings. The van der Waals surface area contributed by atoms with Gasteiger partial charge in [-0.25, -0.2) is 8.42 Å². The highest BCUT2D eigenvalue weighted by Gasteiger charge is 2.13. The molecule has 0 saturated heterocycles. The topological polar surface area (TPSA) is 66.4 Å². The van der Waals surface area contributed by atoms with Gasteiger partial charge in [-0.15, -0.1) is 0 Å². The first-order chi connectivity index (χ1) is 8.47. The van der Waals surface area contributed by atoms with Gasteiger partial charge in [-0.05, 0) is 42.5 Å². The average Bonchev–Trinajstić information content (AvgIpc) is 2.29. The molecule has 2 rings (SSSR count). The van der Waals surface area contributed by atoms with Crippen LogP contribution in [0.3, 0.4) is 0 Å². The highest BCUT2D eigenvalue weighted by atomic mass is 79.9. The van der Waals surface area contributed by atoms with E-state index in [4.69, 9.17) is 5.11 Å². The van der Waals surface area contributed by atoms with E-state index in [1.165, 1.54) is 24.3 Å². The minimum Gasteiger partial charge on any atom is -0.508 e. The van der Waals surface area contributed by atoms with E-state index in [0.29, 0.717) is 5.69 Å². The maximum absolute atomic E-state index is 12.0. The molecular formula is C12H10BrNO3S. The van der Waals surface area contributed by atoms with Crippen LogP contribution in [0.1, 0.15) is 0 Å². The lowest BCUT2D eigenvalue weighted by Crippen LogP contribution is -2.12. The van der Waals surface area contributed by atoms with Gasteiger partial charge in [0.15, 0.2) is 0 Å². The molecule has 0 amide bonds. The predicted molar refractivity (Wildman–Crippen MR) is 73.1 cm³/mol. The minimum absolute atomic E-state index is 0.0244. The smallest absolute Gasteiger partial charge is 0.261 e. The van der Waals surface area contributed by atoms with Gasteiger partial charge in [-0.2, -0.15) is 0 Å². The summed E-state index contributed by atoms with van der Waals surface area (Å²) in [6.07, 6.45) is 0. The molecule has 2 aromatic carbocycles. The summed E-state index contributed by atoms with van der Waals surface area (Å²) in [5.74, 6) is 0.0244. The molecule has 0 aliphatic heterocycles. The zero-order valence-electron chi connectivity index (χ0n) is 9.17. The van der Waals surface area contributed by atoms with Crippen LogP contribution in [0.4, 0.5) is 5.69 Å². The summed E-state index contributed by atoms with van der Waals surface area (Å²) >= 11 is 3.27. The number of hydrogen-bond donors (Lipinski definition) is 2. The number of hydrogen-bond acceptors (Lipinski definition) is 3. The molecule has 0 atom stereocenters. The van der Waals surface area contributed by atoms with Crippen molar-refractivity contribution in [3.63, 3.8) is 0 Å². The van der Waals surface area contributed by atoms with E-state index in [-0.39, 0.29) is 10.6 Å². The van der Waals surface area contributed by atoms with Gasteiger partial charge in [0.25, 0.3) is 10.0 Å². The summed E-state index contributed by atoms with van der Waals surface area (Å²) in [5, 5.41) is 9.13. The van der Waals surface area contributed by atoms with Gasteiger partial charge in [-0.1, -0.05) is 22.0 Å². The third kappa shape index (κ3) is 3.02. The Morgan fingerprint density at radius 1 is 1.06 bits per heavy atom. The second kappa shape index (κ2) is 4.99. The molecule has 0 fully saturated rings. The Morgan fingerprint density at radius 3 is 2.33 bits per heavy atom. The first-order valence-corrected chi connectivity index (χ1v) is 7.32. The summed E-state index contributed by atoms with van der Waals surface area (Å²) in [7, 11) is -3.63. The molecule has 0 aliphatic carbocycles. The van der Waals surface area contributed by atoms with Crippen LogP contribution in [0.2, 0.25) is 0 Å². The molecular weight excluding hydrogens is 318 g/mol. The number of sulfonamides is 1. The molecule has 0 radical (unpaired) electrons. The predicted octanol–water partition coefficient (Wildman–Crippen LogP) is 2.96. The lowest BCUT2D eigenvalue weighted by Gasteiger charge is -2.08. The van der Waals surface area contributed by atoms with Crippen molar-refractivity contribution in [1.29, 1.82) is 0 Å². The van der Waals surface area contributed by atoms with Gasteiger partial charge in [0.05, 0.1) is 4.90 Å². The fraction of sp³-hybridized carbons (Fsp3) is 0. The first kappa shape index (κ1) is 12.9. The third-order valence-corrected chi connectivity index (χ3v) is 4.11. The fourth-order valence-electron chi connectivity index (χ4n) is 1.39. The highest BCUT2D eigenvalue weighted by Crippen LogP contribution is 2.20. The molecule has 0 unspecified atom stereocenters. The Balaban J connectivity index is 2.30. The largest absolute Gasteiger partial charge is 0.508 e. The molecule has 18 heavy (non-hydrogen) atoms. The second-order valence-corrected chi connectivity index (χ2v) is 6.21. The van der Waals surface area contributed by atoms with Crippen molar-refractivity contribution in [2.24, 2.45) is 0 Å². The monoisotopic (exact) mass is 327 g/mol. The van der Waals surface area contributed by atoms with Gasteiger partial charge in [0.1, 0.15) is 5.75 Å². The highest BCUT2D eigenvalue weighted by molar-refractivity contribution is 9.10. The molecule has 0 saturated carbocycles. The van der Waals surface area contributed by atoms with E-state index in [9.17, 15) is 8.42 Å². The SMILES string of the molecule is O=S(=O)(Nc1cccc(Br)c1)c1ccc(O)cc1. The van der Waals surface area contributed by atoms with Crippen LogP contribution in [0.25, 0.3) is 0 Å². The summed E-state index contributed by atoms with van der Waals surface area (Å²) in [6.45, 7) is 0. The van der Waals surface area contributed by atoms with Crippen LogP contribution in [0, 0.1) is 0 Å². The normalized spacial score (nSPS) is 11.2. The zero-order chi connectivity index (χ0) is 13.2. The second-order valence-electron chi connectivity index (χ2n) is 3.61. The summed E-state index contributed by atoms with van der Waals surface area (Å²) < 4.78 is 27.3. The molecule has 2 N–H and O–H groups in total. The number of benzene rings is 2. The lowest BCUT2D eigenvalue weighted by atomic mass is 10.3. The quantitative estimate of drug-likeness (QED) is 0.910. The Morgan fingerprint density at radius 2 is 1.72 bits per heavy atom. The standard InChI is InChI=1S/C12H10BrNO3S/c13-9-2-1-3-10(8-9)14-18(16,17)12-6-4-11(15)5-7-12/h1-8,14-15H. The number of phenolic OH excluding ortho intramolecular Hbond substituents is 1. The summed E-state index contributed by atoms with van der Waals surface area (Å²) in [4.78, 5) is 0.0975. The average molecular weight is 328 g/mol. The van der Waals surface area contributed by atoms with E-state index < -0.39 is 10.0 Å². The van der Waals surface area contributed by atoms with Crippen molar-refractivity contribution < 1.29 is 13.5 Å². The van der Waals surface area contributed by atoms with Crippen LogP contribution in [0.15, 0.2) is 57.9 Å². The summed E-state index contributed by atoms with van der Waals surface area (Å²) in [6, 6.07) is 12.2. The van der Waals surface area contributed by atoms with E-state index >= 15 is 0 Å². The van der Waals surface area contributed by atoms with Crippen LogP contribution in [-0.2, 0) is 10.0 Å². The van der Waals surface area contributed by atoms with Crippen molar-refractivity contribution in [2.45, 2.75) is 4.90 Å². The fourth-order valence-corrected chi connectivity index (χ4v) is 2.84. The third-order valence-electron chi connectivity index (χ3n) is 2.22. The zero-order valence-corrected chi connectivity index (χ0v) is 11.6. The lowest BCUT2D eigenvalue weighted by molar-refractivity contribution is 0.475. The maximum atomic E-state index is 12.0. The number of phenols is 1. The molecule has 0 bridgehead atoms. The Labute approximate surface area is 113 Å². The minimum atomic E-state index is -3.63. The van der Waals surface area contributed by atoms with E-state index in [0.717, 1.165) is 4.47 Å². The van der Waals surface area contributed by atoms with E-state index in [1.807, 2.05) is 0 Å². The van der Waals surface area contributed by atoms with Crippen LogP contribution < -0.4 is 4.72 Å².